The van der Waals surface area contributed by atoms with Gasteiger partial charge in [0.25, 0.3) is 0 Å². The Morgan fingerprint density at radius 2 is 1.90 bits per heavy atom. The summed E-state index contributed by atoms with van der Waals surface area (Å²) in [5.74, 6) is 0.259. The minimum Gasteiger partial charge on any atom is -0.338 e. The molecule has 2 heterocycles. The molecule has 7 heteroatoms. The number of benzene rings is 2. The van der Waals surface area contributed by atoms with E-state index in [2.05, 4.69) is 0 Å². The Hall–Kier alpha value is -3.11. The Kier molecular flexibility index (Phi) is 4.63. The predicted molar refractivity (Wildman–Crippen MR) is 115 cm³/mol. The minimum absolute atomic E-state index is 0.0995. The maximum absolute atomic E-state index is 13.8. The van der Waals surface area contributed by atoms with E-state index in [1.807, 2.05) is 41.1 Å². The highest BCUT2D eigenvalue weighted by molar-refractivity contribution is 7.13. The van der Waals surface area contributed by atoms with Crippen molar-refractivity contribution in [3.05, 3.63) is 75.9 Å². The summed E-state index contributed by atoms with van der Waals surface area (Å²) >= 11 is 1.53. The molecule has 1 aliphatic rings. The van der Waals surface area contributed by atoms with Gasteiger partial charge in [-0.3, -0.25) is 0 Å². The zero-order chi connectivity index (χ0) is 21.8. The van der Waals surface area contributed by atoms with Crippen LogP contribution in [0, 0.1) is 18.3 Å². The predicted octanol–water partition coefficient (Wildman–Crippen LogP) is 6.89. The second kappa shape index (κ2) is 7.24. The van der Waals surface area contributed by atoms with Crippen molar-refractivity contribution in [1.82, 2.24) is 9.55 Å². The van der Waals surface area contributed by atoms with Crippen LogP contribution in [0.4, 0.5) is 13.2 Å². The lowest BCUT2D eigenvalue weighted by Crippen LogP contribution is -2.09. The smallest absolute Gasteiger partial charge is 0.338 e. The van der Waals surface area contributed by atoms with Crippen LogP contribution in [-0.2, 0) is 12.7 Å². The standard InChI is InChI=1S/C24H18F3N3S/c1-14-2-4-16(5-3-14)23-29-18(13-31-23)12-30-20-9-8-17(11-28)22(24(25,26)27)19(20)10-21(30)15-6-7-15/h2-5,8-10,13,15H,6-7,12H2,1H3. The van der Waals surface area contributed by atoms with Crippen molar-refractivity contribution in [3.8, 4) is 16.6 Å². The molecule has 0 spiro atoms. The van der Waals surface area contributed by atoms with Gasteiger partial charge in [-0.25, -0.2) is 4.98 Å². The molecule has 4 aromatic rings. The van der Waals surface area contributed by atoms with Crippen molar-refractivity contribution in [2.45, 2.75) is 38.4 Å². The summed E-state index contributed by atoms with van der Waals surface area (Å²) in [6, 6.07) is 14.4. The molecular formula is C24H18F3N3S. The first-order valence-electron chi connectivity index (χ1n) is 10.00. The third-order valence-electron chi connectivity index (χ3n) is 5.69. The average Bonchev–Trinajstić information content (AvgIpc) is 3.37. The lowest BCUT2D eigenvalue weighted by atomic mass is 10.0. The first-order valence-corrected chi connectivity index (χ1v) is 10.9. The summed E-state index contributed by atoms with van der Waals surface area (Å²) in [5, 5.41) is 12.2. The normalized spacial score (nSPS) is 14.2. The van der Waals surface area contributed by atoms with E-state index in [4.69, 9.17) is 4.98 Å². The van der Waals surface area contributed by atoms with Crippen LogP contribution in [0.3, 0.4) is 0 Å². The molecule has 0 amide bonds. The fraction of sp³-hybridized carbons (Fsp3) is 0.250. The number of aryl methyl sites for hydroxylation is 1. The highest BCUT2D eigenvalue weighted by Gasteiger charge is 2.38. The third kappa shape index (κ3) is 3.61. The number of aromatic nitrogens is 2. The van der Waals surface area contributed by atoms with E-state index in [1.165, 1.54) is 23.0 Å². The van der Waals surface area contributed by atoms with Gasteiger partial charge >= 0.3 is 6.18 Å². The van der Waals surface area contributed by atoms with Crippen LogP contribution in [0.1, 0.15) is 46.8 Å². The summed E-state index contributed by atoms with van der Waals surface area (Å²) in [4.78, 5) is 4.74. The lowest BCUT2D eigenvalue weighted by Gasteiger charge is -2.12. The number of hydrogen-bond acceptors (Lipinski definition) is 3. The Balaban J connectivity index is 1.60. The molecule has 0 unspecified atom stereocenters. The highest BCUT2D eigenvalue weighted by atomic mass is 32.1. The van der Waals surface area contributed by atoms with Gasteiger partial charge < -0.3 is 4.57 Å². The Morgan fingerprint density at radius 3 is 2.55 bits per heavy atom. The van der Waals surface area contributed by atoms with Crippen molar-refractivity contribution in [2.75, 3.05) is 0 Å². The van der Waals surface area contributed by atoms with Gasteiger partial charge in [-0.1, -0.05) is 29.8 Å². The van der Waals surface area contributed by atoms with Gasteiger partial charge in [-0.05, 0) is 43.9 Å². The number of halogens is 3. The zero-order valence-electron chi connectivity index (χ0n) is 16.7. The molecule has 2 aromatic carbocycles. The van der Waals surface area contributed by atoms with Crippen LogP contribution >= 0.6 is 11.3 Å². The summed E-state index contributed by atoms with van der Waals surface area (Å²) < 4.78 is 43.3. The molecule has 1 saturated carbocycles. The fourth-order valence-electron chi connectivity index (χ4n) is 4.02. The van der Waals surface area contributed by atoms with Crippen LogP contribution in [0.25, 0.3) is 21.5 Å². The van der Waals surface area contributed by atoms with Gasteiger partial charge in [0.1, 0.15) is 5.01 Å². The van der Waals surface area contributed by atoms with Gasteiger partial charge in [0.15, 0.2) is 0 Å². The van der Waals surface area contributed by atoms with E-state index in [0.29, 0.717) is 12.1 Å². The Morgan fingerprint density at radius 1 is 1.16 bits per heavy atom. The van der Waals surface area contributed by atoms with Crippen LogP contribution < -0.4 is 0 Å². The van der Waals surface area contributed by atoms with Crippen LogP contribution in [0.5, 0.6) is 0 Å². The lowest BCUT2D eigenvalue weighted by molar-refractivity contribution is -0.136. The molecule has 0 bridgehead atoms. The molecule has 0 N–H and O–H groups in total. The first-order chi connectivity index (χ1) is 14.8. The number of nitrogens with zero attached hydrogens (tertiary/aromatic N) is 3. The maximum atomic E-state index is 13.8. The Labute approximate surface area is 181 Å². The second-order valence-corrected chi connectivity index (χ2v) is 8.83. The van der Waals surface area contributed by atoms with E-state index in [-0.39, 0.29) is 16.9 Å². The van der Waals surface area contributed by atoms with E-state index in [9.17, 15) is 18.4 Å². The molecular weight excluding hydrogens is 419 g/mol. The van der Waals surface area contributed by atoms with Crippen LogP contribution in [-0.4, -0.2) is 9.55 Å². The Bertz CT molecular complexity index is 1320. The molecule has 0 aliphatic heterocycles. The van der Waals surface area contributed by atoms with Gasteiger partial charge in [0, 0.05) is 27.5 Å². The number of nitriles is 1. The summed E-state index contributed by atoms with van der Waals surface area (Å²) in [7, 11) is 0. The van der Waals surface area contributed by atoms with Crippen molar-refractivity contribution >= 4 is 22.2 Å². The topological polar surface area (TPSA) is 41.6 Å². The van der Waals surface area contributed by atoms with E-state index in [1.54, 1.807) is 18.2 Å². The van der Waals surface area contributed by atoms with Crippen molar-refractivity contribution in [1.29, 1.82) is 5.26 Å². The molecule has 31 heavy (non-hydrogen) atoms. The van der Waals surface area contributed by atoms with Gasteiger partial charge in [-0.15, -0.1) is 11.3 Å². The molecule has 5 rings (SSSR count). The van der Waals surface area contributed by atoms with E-state index < -0.39 is 11.7 Å². The van der Waals surface area contributed by atoms with Crippen LogP contribution in [0.2, 0.25) is 0 Å². The average molecular weight is 437 g/mol. The molecule has 156 valence electrons. The summed E-state index contributed by atoms with van der Waals surface area (Å²) in [6.45, 7) is 2.43. The molecule has 0 atom stereocenters. The molecule has 1 aliphatic carbocycles. The van der Waals surface area contributed by atoms with Gasteiger partial charge in [0.2, 0.25) is 0 Å². The molecule has 2 aromatic heterocycles. The summed E-state index contributed by atoms with van der Waals surface area (Å²) in [5.41, 5.74) is 3.23. The molecule has 3 nitrogen and oxygen atoms in total. The minimum atomic E-state index is -4.59. The fourth-order valence-corrected chi connectivity index (χ4v) is 4.83. The van der Waals surface area contributed by atoms with Crippen molar-refractivity contribution < 1.29 is 13.2 Å². The monoisotopic (exact) mass is 437 g/mol. The van der Waals surface area contributed by atoms with Gasteiger partial charge in [0.05, 0.1) is 29.4 Å². The number of hydrogen-bond donors (Lipinski definition) is 0. The largest absolute Gasteiger partial charge is 0.418 e. The third-order valence-corrected chi connectivity index (χ3v) is 6.63. The van der Waals surface area contributed by atoms with E-state index >= 15 is 0 Å². The number of rotatable bonds is 4. The maximum Gasteiger partial charge on any atom is 0.418 e. The number of alkyl halides is 3. The van der Waals surface area contributed by atoms with E-state index in [0.717, 1.165) is 34.8 Å². The van der Waals surface area contributed by atoms with Crippen molar-refractivity contribution in [3.63, 3.8) is 0 Å². The second-order valence-electron chi connectivity index (χ2n) is 7.97. The van der Waals surface area contributed by atoms with Gasteiger partial charge in [-0.2, -0.15) is 18.4 Å². The quantitative estimate of drug-likeness (QED) is 0.349. The van der Waals surface area contributed by atoms with Crippen molar-refractivity contribution in [2.24, 2.45) is 0 Å². The van der Waals surface area contributed by atoms with Crippen LogP contribution in [0.15, 0.2) is 47.8 Å². The highest BCUT2D eigenvalue weighted by Crippen LogP contribution is 2.45. The molecule has 0 saturated heterocycles. The SMILES string of the molecule is Cc1ccc(-c2nc(Cn3c(C4CC4)cc4c(C(F)(F)F)c(C#N)ccc43)cs2)cc1. The molecule has 0 radical (unpaired) electrons. The zero-order valence-corrected chi connectivity index (χ0v) is 17.5. The number of fused-ring (bicyclic) bond motifs is 1. The number of thiazole rings is 1. The first kappa shape index (κ1) is 19.8. The summed E-state index contributed by atoms with van der Waals surface area (Å²) in [6.07, 6.45) is -2.65. The molecule has 1 fully saturated rings.